The van der Waals surface area contributed by atoms with Crippen LogP contribution in [-0.2, 0) is 9.53 Å². The number of carbonyl (C=O) groups excluding carboxylic acids is 2. The Morgan fingerprint density at radius 2 is 2.11 bits per heavy atom. The van der Waals surface area contributed by atoms with Gasteiger partial charge in [0.15, 0.2) is 0 Å². The minimum Gasteiger partial charge on any atom is -0.466 e. The zero-order chi connectivity index (χ0) is 13.3. The molecular weight excluding hydrogens is 236 g/mol. The monoisotopic (exact) mass is 250 g/mol. The molecule has 1 aliphatic rings. The van der Waals surface area contributed by atoms with Gasteiger partial charge in [-0.1, -0.05) is 0 Å². The molecule has 0 saturated carbocycles. The summed E-state index contributed by atoms with van der Waals surface area (Å²) in [5.41, 5.74) is 0.802. The number of carbonyl (C=O) groups is 2. The maximum absolute atomic E-state index is 11.8. The van der Waals surface area contributed by atoms with Gasteiger partial charge < -0.3 is 19.8 Å². The number of hydrogen-bond acceptors (Lipinski definition) is 4. The lowest BCUT2D eigenvalue weighted by molar-refractivity contribution is -0.136. The number of ether oxygens (including phenoxy) is 1. The van der Waals surface area contributed by atoms with E-state index in [1.54, 1.807) is 26.0 Å². The topological polar surface area (TPSA) is 80.6 Å². The smallest absolute Gasteiger partial charge is 0.338 e. The molecule has 0 aromatic carbocycles. The number of allylic oxidation sites excluding steroid dienone is 1. The summed E-state index contributed by atoms with van der Waals surface area (Å²) in [5.74, 6) is 0.709. The van der Waals surface area contributed by atoms with Gasteiger partial charge in [-0.3, -0.25) is 0 Å². The van der Waals surface area contributed by atoms with Crippen molar-refractivity contribution in [3.8, 4) is 0 Å². The predicted octanol–water partition coefficient (Wildman–Crippen LogP) is 1.39. The second-order valence-electron chi connectivity index (χ2n) is 4.01. The van der Waals surface area contributed by atoms with Crippen molar-refractivity contribution >= 4 is 12.0 Å². The number of esters is 1. The van der Waals surface area contributed by atoms with Gasteiger partial charge in [0.25, 0.3) is 0 Å². The van der Waals surface area contributed by atoms with E-state index in [1.807, 2.05) is 0 Å². The maximum Gasteiger partial charge on any atom is 0.338 e. The lowest BCUT2D eigenvalue weighted by Crippen LogP contribution is -2.45. The van der Waals surface area contributed by atoms with Crippen molar-refractivity contribution in [2.24, 2.45) is 0 Å². The molecule has 2 heterocycles. The predicted molar refractivity (Wildman–Crippen MR) is 62.6 cm³/mol. The molecule has 2 rings (SSSR count). The fraction of sp³-hybridized carbons (Fsp3) is 0.333. The molecule has 1 aliphatic heterocycles. The third kappa shape index (κ3) is 2.09. The van der Waals surface area contributed by atoms with Crippen molar-refractivity contribution in [1.29, 1.82) is 0 Å². The van der Waals surface area contributed by atoms with Crippen LogP contribution in [0.2, 0.25) is 0 Å². The Morgan fingerprint density at radius 3 is 2.67 bits per heavy atom. The summed E-state index contributed by atoms with van der Waals surface area (Å²) in [4.78, 5) is 23.2. The minimum absolute atomic E-state index is 0.339. The summed E-state index contributed by atoms with van der Waals surface area (Å²) in [6, 6.07) is 2.49. The molecule has 0 radical (unpaired) electrons. The van der Waals surface area contributed by atoms with Crippen molar-refractivity contribution in [1.82, 2.24) is 10.6 Å². The van der Waals surface area contributed by atoms with E-state index >= 15 is 0 Å². The van der Waals surface area contributed by atoms with E-state index in [9.17, 15) is 9.59 Å². The SMILES string of the molecule is COC(=O)C1=C(C)NC(=O)N[C@H]1c1ccc(C)o1. The number of aryl methyl sites for hydroxylation is 1. The largest absolute Gasteiger partial charge is 0.466 e. The van der Waals surface area contributed by atoms with Crippen LogP contribution in [0.1, 0.15) is 24.5 Å². The zero-order valence-corrected chi connectivity index (χ0v) is 10.4. The van der Waals surface area contributed by atoms with Crippen molar-refractivity contribution in [3.05, 3.63) is 34.9 Å². The summed E-state index contributed by atoms with van der Waals surface area (Å²) in [5, 5.41) is 5.18. The first-order valence-electron chi connectivity index (χ1n) is 5.46. The minimum atomic E-state index is -0.625. The highest BCUT2D eigenvalue weighted by Crippen LogP contribution is 2.28. The lowest BCUT2D eigenvalue weighted by Gasteiger charge is -2.25. The highest BCUT2D eigenvalue weighted by molar-refractivity contribution is 5.94. The Hall–Kier alpha value is -2.24. The van der Waals surface area contributed by atoms with Gasteiger partial charge >= 0.3 is 12.0 Å². The van der Waals surface area contributed by atoms with Crippen molar-refractivity contribution in [2.45, 2.75) is 19.9 Å². The van der Waals surface area contributed by atoms with Crippen LogP contribution in [0.15, 0.2) is 27.8 Å². The van der Waals surface area contributed by atoms with Gasteiger partial charge in [-0.05, 0) is 26.0 Å². The van der Waals surface area contributed by atoms with Crippen LogP contribution in [0, 0.1) is 6.92 Å². The molecule has 0 spiro atoms. The summed E-state index contributed by atoms with van der Waals surface area (Å²) in [7, 11) is 1.30. The van der Waals surface area contributed by atoms with Crippen LogP contribution < -0.4 is 10.6 Å². The molecule has 1 aromatic heterocycles. The Kier molecular flexibility index (Phi) is 3.10. The molecule has 0 aliphatic carbocycles. The molecule has 1 atom stereocenters. The van der Waals surface area contributed by atoms with Gasteiger partial charge in [-0.25, -0.2) is 9.59 Å². The number of urea groups is 1. The molecule has 6 nitrogen and oxygen atoms in total. The molecule has 1 aromatic rings. The second kappa shape index (κ2) is 4.56. The number of nitrogens with one attached hydrogen (secondary N) is 2. The molecule has 0 unspecified atom stereocenters. The highest BCUT2D eigenvalue weighted by atomic mass is 16.5. The van der Waals surface area contributed by atoms with Gasteiger partial charge in [0, 0.05) is 5.70 Å². The average Bonchev–Trinajstić information content (AvgIpc) is 2.74. The molecule has 2 amide bonds. The molecule has 96 valence electrons. The third-order valence-corrected chi connectivity index (χ3v) is 2.72. The van der Waals surface area contributed by atoms with Crippen LogP contribution in [0.4, 0.5) is 4.79 Å². The Bertz CT molecular complexity index is 530. The number of amides is 2. The van der Waals surface area contributed by atoms with Gasteiger partial charge in [0.1, 0.15) is 17.6 Å². The summed E-state index contributed by atoms with van der Waals surface area (Å²) in [6.45, 7) is 3.44. The van der Waals surface area contributed by atoms with Gasteiger partial charge in [-0.2, -0.15) is 0 Å². The normalized spacial score (nSPS) is 19.3. The lowest BCUT2D eigenvalue weighted by atomic mass is 10.0. The fourth-order valence-electron chi connectivity index (χ4n) is 1.90. The number of furan rings is 1. The molecular formula is C12H14N2O4. The molecule has 0 bridgehead atoms. The summed E-state index contributed by atoms with van der Waals surface area (Å²) >= 11 is 0. The Balaban J connectivity index is 2.45. The van der Waals surface area contributed by atoms with Crippen LogP contribution in [-0.4, -0.2) is 19.1 Å². The maximum atomic E-state index is 11.8. The van der Waals surface area contributed by atoms with E-state index in [-0.39, 0.29) is 6.03 Å². The van der Waals surface area contributed by atoms with Crippen molar-refractivity contribution < 1.29 is 18.7 Å². The van der Waals surface area contributed by atoms with E-state index in [0.29, 0.717) is 22.8 Å². The Labute approximate surface area is 104 Å². The van der Waals surface area contributed by atoms with E-state index < -0.39 is 12.0 Å². The zero-order valence-electron chi connectivity index (χ0n) is 10.4. The Morgan fingerprint density at radius 1 is 1.39 bits per heavy atom. The van der Waals surface area contributed by atoms with Crippen molar-refractivity contribution in [3.63, 3.8) is 0 Å². The number of methoxy groups -OCH3 is 1. The molecule has 0 saturated heterocycles. The number of rotatable bonds is 2. The third-order valence-electron chi connectivity index (χ3n) is 2.72. The first kappa shape index (κ1) is 12.2. The van der Waals surface area contributed by atoms with E-state index in [0.717, 1.165) is 0 Å². The van der Waals surface area contributed by atoms with Crippen LogP contribution >= 0.6 is 0 Å². The molecule has 18 heavy (non-hydrogen) atoms. The molecule has 0 fully saturated rings. The average molecular weight is 250 g/mol. The van der Waals surface area contributed by atoms with Crippen LogP contribution in [0.5, 0.6) is 0 Å². The summed E-state index contributed by atoms with van der Waals surface area (Å²) in [6.07, 6.45) is 0. The summed E-state index contributed by atoms with van der Waals surface area (Å²) < 4.78 is 10.2. The van der Waals surface area contributed by atoms with Gasteiger partial charge in [0.05, 0.1) is 12.7 Å². The second-order valence-corrected chi connectivity index (χ2v) is 4.01. The quantitative estimate of drug-likeness (QED) is 0.777. The number of hydrogen-bond donors (Lipinski definition) is 2. The van der Waals surface area contributed by atoms with Gasteiger partial charge in [-0.15, -0.1) is 0 Å². The van der Waals surface area contributed by atoms with Gasteiger partial charge in [0.2, 0.25) is 0 Å². The van der Waals surface area contributed by atoms with Crippen LogP contribution in [0.3, 0.4) is 0 Å². The first-order valence-corrected chi connectivity index (χ1v) is 5.46. The standard InChI is InChI=1S/C12H14N2O4/c1-6-4-5-8(18-6)10-9(11(15)17-3)7(2)13-12(16)14-10/h4-5,10H,1-3H3,(H2,13,14,16)/t10-/m0/s1. The van der Waals surface area contributed by atoms with E-state index in [1.165, 1.54) is 7.11 Å². The molecule has 6 heteroatoms. The van der Waals surface area contributed by atoms with E-state index in [2.05, 4.69) is 10.6 Å². The highest BCUT2D eigenvalue weighted by Gasteiger charge is 2.33. The van der Waals surface area contributed by atoms with Crippen LogP contribution in [0.25, 0.3) is 0 Å². The molecule has 2 N–H and O–H groups in total. The van der Waals surface area contributed by atoms with E-state index in [4.69, 9.17) is 9.15 Å². The van der Waals surface area contributed by atoms with Crippen molar-refractivity contribution in [2.75, 3.05) is 7.11 Å². The first-order chi connectivity index (χ1) is 8.52. The fourth-order valence-corrected chi connectivity index (χ4v) is 1.90.